The fourth-order valence-corrected chi connectivity index (χ4v) is 6.23. The van der Waals surface area contributed by atoms with Crippen LogP contribution in [0.3, 0.4) is 0 Å². The van der Waals surface area contributed by atoms with Crippen molar-refractivity contribution in [2.24, 2.45) is 0 Å². The molecule has 0 bridgehead atoms. The maximum atomic E-state index is 6.43. The predicted octanol–water partition coefficient (Wildman–Crippen LogP) is 6.39. The largest absolute Gasteiger partial charge is 0.497 e. The molecule has 0 amide bonds. The Hall–Kier alpha value is -4.18. The first-order chi connectivity index (χ1) is 20.8. The van der Waals surface area contributed by atoms with Crippen LogP contribution in [-0.2, 0) is 16.0 Å². The molecule has 3 atom stereocenters. The number of nitrogens with one attached hydrogen (secondary N) is 1. The molecular weight excluding hydrogens is 564 g/mol. The summed E-state index contributed by atoms with van der Waals surface area (Å²) >= 11 is 6.35. The normalized spacial score (nSPS) is 20.8. The minimum Gasteiger partial charge on any atom is -0.497 e. The molecule has 1 aliphatic heterocycles. The second kappa shape index (κ2) is 10.8. The van der Waals surface area contributed by atoms with E-state index in [1.165, 1.54) is 6.33 Å². The van der Waals surface area contributed by atoms with Crippen molar-refractivity contribution in [2.45, 2.75) is 44.4 Å². The van der Waals surface area contributed by atoms with Crippen LogP contribution in [0.1, 0.15) is 25.5 Å². The molecule has 43 heavy (non-hydrogen) atoms. The van der Waals surface area contributed by atoms with Gasteiger partial charge in [-0.05, 0) is 67.4 Å². The molecule has 7 rings (SSSR count). The van der Waals surface area contributed by atoms with Gasteiger partial charge in [0, 0.05) is 37.4 Å². The summed E-state index contributed by atoms with van der Waals surface area (Å²) in [6.45, 7) is 5.28. The summed E-state index contributed by atoms with van der Waals surface area (Å²) in [6.07, 6.45) is 5.39. The van der Waals surface area contributed by atoms with E-state index >= 15 is 0 Å². The molecule has 5 aromatic rings. The summed E-state index contributed by atoms with van der Waals surface area (Å²) in [5.41, 5.74) is 5.09. The van der Waals surface area contributed by atoms with Gasteiger partial charge in [-0.25, -0.2) is 15.0 Å². The molecule has 1 fully saturated rings. The van der Waals surface area contributed by atoms with Gasteiger partial charge in [-0.3, -0.25) is 0 Å². The van der Waals surface area contributed by atoms with Gasteiger partial charge < -0.3 is 29.0 Å². The maximum Gasteiger partial charge on any atom is 0.164 e. The number of aromatic nitrogens is 4. The molecule has 0 saturated carbocycles. The van der Waals surface area contributed by atoms with Crippen LogP contribution in [0, 0.1) is 0 Å². The van der Waals surface area contributed by atoms with E-state index in [-0.39, 0.29) is 18.2 Å². The first-order valence-corrected chi connectivity index (χ1v) is 14.7. The van der Waals surface area contributed by atoms with E-state index < -0.39 is 5.79 Å². The second-order valence-corrected chi connectivity index (χ2v) is 11.9. The molecule has 1 aliphatic carbocycles. The third-order valence-corrected chi connectivity index (χ3v) is 8.47. The van der Waals surface area contributed by atoms with Gasteiger partial charge in [-0.1, -0.05) is 35.9 Å². The highest BCUT2D eigenvalue weighted by Gasteiger charge is 2.50. The fourth-order valence-electron chi connectivity index (χ4n) is 6.04. The van der Waals surface area contributed by atoms with Gasteiger partial charge in [0.15, 0.2) is 5.79 Å². The maximum absolute atomic E-state index is 6.43. The fraction of sp³-hybridized carbons (Fsp3) is 0.303. The first kappa shape index (κ1) is 27.6. The van der Waals surface area contributed by atoms with Crippen LogP contribution in [0.25, 0.3) is 21.9 Å². The van der Waals surface area contributed by atoms with Gasteiger partial charge in [0.05, 0.1) is 24.1 Å². The van der Waals surface area contributed by atoms with E-state index in [0.717, 1.165) is 50.3 Å². The number of anilines is 2. The van der Waals surface area contributed by atoms with Gasteiger partial charge >= 0.3 is 0 Å². The highest BCUT2D eigenvalue weighted by atomic mass is 35.5. The number of pyridine rings is 1. The Balaban J connectivity index is 1.12. The molecule has 3 aromatic heterocycles. The summed E-state index contributed by atoms with van der Waals surface area (Å²) < 4.78 is 20.2. The molecule has 9 nitrogen and oxygen atoms in total. The molecule has 0 unspecified atom stereocenters. The van der Waals surface area contributed by atoms with E-state index in [0.29, 0.717) is 18.2 Å². The van der Waals surface area contributed by atoms with Crippen molar-refractivity contribution in [1.82, 2.24) is 19.5 Å². The van der Waals surface area contributed by atoms with Crippen molar-refractivity contribution >= 4 is 45.0 Å². The highest BCUT2D eigenvalue weighted by Crippen LogP contribution is 2.44. The van der Waals surface area contributed by atoms with Crippen LogP contribution in [0.15, 0.2) is 84.8 Å². The molecule has 2 aromatic carbocycles. The SMILES string of the molecule is COc1ccc(CNc2ccc3ccc(N(C)CC4=C[C@@H](n5ccc6c(Cl)ncnc65)[C@@H]5OC(C)(C)O[C@H]45)cc3n2)cc1. The van der Waals surface area contributed by atoms with Crippen molar-refractivity contribution in [3.8, 4) is 5.75 Å². The van der Waals surface area contributed by atoms with Crippen LogP contribution in [0.2, 0.25) is 5.15 Å². The molecule has 1 saturated heterocycles. The van der Waals surface area contributed by atoms with Gasteiger partial charge in [0.2, 0.25) is 0 Å². The predicted molar refractivity (Wildman–Crippen MR) is 169 cm³/mol. The molecule has 2 aliphatic rings. The zero-order valence-corrected chi connectivity index (χ0v) is 25.2. The Morgan fingerprint density at radius 1 is 1.05 bits per heavy atom. The lowest BCUT2D eigenvalue weighted by Crippen LogP contribution is -2.30. The zero-order chi connectivity index (χ0) is 29.7. The van der Waals surface area contributed by atoms with Gasteiger partial charge in [-0.15, -0.1) is 0 Å². The summed E-state index contributed by atoms with van der Waals surface area (Å²) in [5.74, 6) is 0.981. The topological polar surface area (TPSA) is 86.6 Å². The zero-order valence-electron chi connectivity index (χ0n) is 24.5. The van der Waals surface area contributed by atoms with Gasteiger partial charge in [0.25, 0.3) is 0 Å². The van der Waals surface area contributed by atoms with E-state index in [2.05, 4.69) is 74.3 Å². The molecular formula is C33H33ClN6O3. The number of hydrogen-bond donors (Lipinski definition) is 1. The number of benzene rings is 2. The molecule has 0 spiro atoms. The standard InChI is InChI=1S/C33H33ClN6O3/c1-33(2)42-29-22(15-27(30(29)43-33)40-14-13-25-31(34)36-19-37-32(25)40)18-39(3)23-9-7-21-8-12-28(38-26(21)16-23)35-17-20-5-10-24(41-4)11-6-20/h5-16,19,27,29-30H,17-18H2,1-4H3,(H,35,38)/t27-,29-,30+/m1/s1. The van der Waals surface area contributed by atoms with Crippen molar-refractivity contribution in [3.63, 3.8) is 0 Å². The van der Waals surface area contributed by atoms with Crippen LogP contribution >= 0.6 is 11.6 Å². The second-order valence-electron chi connectivity index (χ2n) is 11.5. The lowest BCUT2D eigenvalue weighted by Gasteiger charge is -2.24. The Bertz CT molecular complexity index is 1840. The number of fused-ring (bicyclic) bond motifs is 3. The Morgan fingerprint density at radius 2 is 1.86 bits per heavy atom. The number of likely N-dealkylation sites (N-methyl/N-ethyl adjacent to an activating group) is 1. The number of rotatable bonds is 8. The lowest BCUT2D eigenvalue weighted by molar-refractivity contribution is -0.147. The number of hydrogen-bond acceptors (Lipinski definition) is 8. The first-order valence-electron chi connectivity index (χ1n) is 14.3. The van der Waals surface area contributed by atoms with E-state index in [1.807, 2.05) is 44.3 Å². The van der Waals surface area contributed by atoms with Crippen LogP contribution in [0.4, 0.5) is 11.5 Å². The third-order valence-electron chi connectivity index (χ3n) is 8.17. The quantitative estimate of drug-likeness (QED) is 0.163. The summed E-state index contributed by atoms with van der Waals surface area (Å²) in [6, 6.07) is 20.4. The molecule has 0 radical (unpaired) electrons. The van der Waals surface area contributed by atoms with Crippen molar-refractivity contribution in [1.29, 1.82) is 0 Å². The van der Waals surface area contributed by atoms with Crippen molar-refractivity contribution < 1.29 is 14.2 Å². The molecule has 4 heterocycles. The van der Waals surface area contributed by atoms with Gasteiger partial charge in [-0.2, -0.15) is 0 Å². The Kier molecular flexibility index (Phi) is 6.96. The average Bonchev–Trinajstić information content (AvgIpc) is 3.67. The number of nitrogens with zero attached hydrogens (tertiary/aromatic N) is 5. The molecule has 1 N–H and O–H groups in total. The van der Waals surface area contributed by atoms with Crippen LogP contribution < -0.4 is 15.0 Å². The Labute approximate surface area is 255 Å². The van der Waals surface area contributed by atoms with Crippen molar-refractivity contribution in [3.05, 3.63) is 95.6 Å². The summed E-state index contributed by atoms with van der Waals surface area (Å²) in [4.78, 5) is 15.8. The third kappa shape index (κ3) is 5.29. The summed E-state index contributed by atoms with van der Waals surface area (Å²) in [7, 11) is 3.76. The Morgan fingerprint density at radius 3 is 2.67 bits per heavy atom. The summed E-state index contributed by atoms with van der Waals surface area (Å²) in [5, 5.41) is 5.78. The lowest BCUT2D eigenvalue weighted by atomic mass is 10.1. The number of ether oxygens (including phenoxy) is 3. The monoisotopic (exact) mass is 596 g/mol. The van der Waals surface area contributed by atoms with Gasteiger partial charge in [0.1, 0.15) is 40.9 Å². The number of methoxy groups -OCH3 is 1. The smallest absolute Gasteiger partial charge is 0.164 e. The number of halogens is 1. The minimum atomic E-state index is -0.691. The molecule has 10 heteroatoms. The highest BCUT2D eigenvalue weighted by molar-refractivity contribution is 6.33. The molecule has 220 valence electrons. The average molecular weight is 597 g/mol. The van der Waals surface area contributed by atoms with E-state index in [4.69, 9.17) is 30.8 Å². The van der Waals surface area contributed by atoms with E-state index in [1.54, 1.807) is 7.11 Å². The van der Waals surface area contributed by atoms with Crippen LogP contribution in [-0.4, -0.2) is 58.2 Å². The minimum absolute atomic E-state index is 0.0868. The van der Waals surface area contributed by atoms with Crippen LogP contribution in [0.5, 0.6) is 5.75 Å². The van der Waals surface area contributed by atoms with E-state index in [9.17, 15) is 0 Å². The van der Waals surface area contributed by atoms with Crippen molar-refractivity contribution in [2.75, 3.05) is 30.9 Å².